The maximum atomic E-state index is 2.31. The van der Waals surface area contributed by atoms with Gasteiger partial charge in [0.15, 0.2) is 0 Å². The fraction of sp³-hybridized carbons (Fsp3) is 0.714. The van der Waals surface area contributed by atoms with Gasteiger partial charge in [-0.05, 0) is 44.6 Å². The summed E-state index contributed by atoms with van der Waals surface area (Å²) in [6.45, 7) is 8.39. The lowest BCUT2D eigenvalue weighted by molar-refractivity contribution is 0.652. The van der Waals surface area contributed by atoms with Gasteiger partial charge in [-0.15, -0.1) is 0 Å². The van der Waals surface area contributed by atoms with Gasteiger partial charge in [0.1, 0.15) is 0 Å². The van der Waals surface area contributed by atoms with Crippen LogP contribution in [-0.2, 0) is 0 Å². The molecule has 14 heavy (non-hydrogen) atoms. The Kier molecular flexibility index (Phi) is 8.72. The quantitative estimate of drug-likeness (QED) is 0.575. The molecule has 82 valence electrons. The first-order chi connectivity index (χ1) is 6.88. The van der Waals surface area contributed by atoms with E-state index >= 15 is 0 Å². The van der Waals surface area contributed by atoms with E-state index in [1.54, 1.807) is 11.1 Å². The minimum Gasteiger partial charge on any atom is -0.0874 e. The van der Waals surface area contributed by atoms with Crippen LogP contribution in [0.1, 0.15) is 66.2 Å². The molecule has 0 heterocycles. The summed E-state index contributed by atoms with van der Waals surface area (Å²) >= 11 is 0. The van der Waals surface area contributed by atoms with Gasteiger partial charge >= 0.3 is 0 Å². The molecule has 0 bridgehead atoms. The third-order valence-corrected chi connectivity index (χ3v) is 2.55. The molecule has 1 aliphatic rings. The highest BCUT2D eigenvalue weighted by Gasteiger charge is 2.08. The minimum absolute atomic E-state index is 1.30. The minimum atomic E-state index is 1.30. The molecule has 0 heteroatoms. The van der Waals surface area contributed by atoms with Crippen molar-refractivity contribution in [1.82, 2.24) is 0 Å². The van der Waals surface area contributed by atoms with Crippen LogP contribution >= 0.6 is 0 Å². The summed E-state index contributed by atoms with van der Waals surface area (Å²) < 4.78 is 0. The van der Waals surface area contributed by atoms with Crippen LogP contribution in [0.2, 0.25) is 0 Å². The van der Waals surface area contributed by atoms with Crippen LogP contribution < -0.4 is 0 Å². The molecule has 0 spiro atoms. The molecule has 0 radical (unpaired) electrons. The van der Waals surface area contributed by atoms with Crippen LogP contribution in [-0.4, -0.2) is 0 Å². The van der Waals surface area contributed by atoms with Gasteiger partial charge in [0.2, 0.25) is 0 Å². The number of rotatable bonds is 3. The van der Waals surface area contributed by atoms with Crippen molar-refractivity contribution in [2.24, 2.45) is 0 Å². The zero-order valence-electron chi connectivity index (χ0n) is 10.4. The topological polar surface area (TPSA) is 0 Å². The van der Waals surface area contributed by atoms with Gasteiger partial charge in [0.25, 0.3) is 0 Å². The average molecular weight is 194 g/mol. The van der Waals surface area contributed by atoms with Crippen molar-refractivity contribution in [1.29, 1.82) is 0 Å². The van der Waals surface area contributed by atoms with E-state index in [-0.39, 0.29) is 0 Å². The summed E-state index contributed by atoms with van der Waals surface area (Å²) in [6, 6.07) is 0. The van der Waals surface area contributed by atoms with Gasteiger partial charge in [-0.25, -0.2) is 0 Å². The molecule has 1 aliphatic carbocycles. The maximum Gasteiger partial charge on any atom is -0.0279 e. The molecule has 0 aromatic rings. The SMILES string of the molecule is C/C=C\C1=C(CCC)CCCC1.CC. The van der Waals surface area contributed by atoms with Crippen LogP contribution in [0.25, 0.3) is 0 Å². The predicted molar refractivity (Wildman–Crippen MR) is 66.6 cm³/mol. The van der Waals surface area contributed by atoms with Crippen LogP contribution in [0.5, 0.6) is 0 Å². The lowest BCUT2D eigenvalue weighted by Crippen LogP contribution is -1.97. The first-order valence-electron chi connectivity index (χ1n) is 6.22. The highest BCUT2D eigenvalue weighted by Crippen LogP contribution is 2.28. The van der Waals surface area contributed by atoms with Crippen LogP contribution in [0.4, 0.5) is 0 Å². The van der Waals surface area contributed by atoms with E-state index in [9.17, 15) is 0 Å². The summed E-state index contributed by atoms with van der Waals surface area (Å²) in [6.07, 6.45) is 12.6. The van der Waals surface area contributed by atoms with Crippen molar-refractivity contribution in [3.05, 3.63) is 23.3 Å². The summed E-state index contributed by atoms with van der Waals surface area (Å²) in [5.74, 6) is 0. The molecule has 0 aromatic carbocycles. The fourth-order valence-corrected chi connectivity index (χ4v) is 1.98. The van der Waals surface area contributed by atoms with E-state index in [0.717, 1.165) is 0 Å². The average Bonchev–Trinajstić information content (AvgIpc) is 2.25. The molecule has 0 nitrogen and oxygen atoms in total. The number of allylic oxidation sites excluding steroid dienone is 4. The van der Waals surface area contributed by atoms with Gasteiger partial charge in [-0.2, -0.15) is 0 Å². The summed E-state index contributed by atoms with van der Waals surface area (Å²) in [5.41, 5.74) is 3.35. The van der Waals surface area contributed by atoms with Crippen LogP contribution in [0, 0.1) is 0 Å². The largest absolute Gasteiger partial charge is 0.0874 e. The second-order valence-corrected chi connectivity index (χ2v) is 3.59. The van der Waals surface area contributed by atoms with Crippen molar-refractivity contribution in [3.63, 3.8) is 0 Å². The van der Waals surface area contributed by atoms with Gasteiger partial charge in [-0.3, -0.25) is 0 Å². The third-order valence-electron chi connectivity index (χ3n) is 2.55. The highest BCUT2D eigenvalue weighted by molar-refractivity contribution is 5.27. The maximum absolute atomic E-state index is 2.31. The summed E-state index contributed by atoms with van der Waals surface area (Å²) in [7, 11) is 0. The van der Waals surface area contributed by atoms with Crippen molar-refractivity contribution < 1.29 is 0 Å². The standard InChI is InChI=1S/C12H20.C2H6/c1-3-7-11-9-5-6-10-12(11)8-4-2;1-2/h3,7H,4-6,8-10H2,1-2H3;1-2H3/b7-3-;. The summed E-state index contributed by atoms with van der Waals surface area (Å²) in [5, 5.41) is 0. The Morgan fingerprint density at radius 1 is 1.14 bits per heavy atom. The molecule has 0 fully saturated rings. The van der Waals surface area contributed by atoms with Crippen molar-refractivity contribution in [2.75, 3.05) is 0 Å². The van der Waals surface area contributed by atoms with E-state index < -0.39 is 0 Å². The van der Waals surface area contributed by atoms with E-state index in [4.69, 9.17) is 0 Å². The molecule has 0 saturated heterocycles. The van der Waals surface area contributed by atoms with Gasteiger partial charge < -0.3 is 0 Å². The summed E-state index contributed by atoms with van der Waals surface area (Å²) in [4.78, 5) is 0. The Hall–Kier alpha value is -0.520. The Labute approximate surface area is 90.1 Å². The number of hydrogen-bond acceptors (Lipinski definition) is 0. The molecular weight excluding hydrogens is 168 g/mol. The normalized spacial score (nSPS) is 16.9. The highest BCUT2D eigenvalue weighted by atomic mass is 14.1. The fourth-order valence-electron chi connectivity index (χ4n) is 1.98. The van der Waals surface area contributed by atoms with Gasteiger partial charge in [0.05, 0.1) is 0 Å². The monoisotopic (exact) mass is 194 g/mol. The molecule has 0 N–H and O–H groups in total. The molecule has 0 aromatic heterocycles. The van der Waals surface area contributed by atoms with E-state index in [1.165, 1.54) is 38.5 Å². The zero-order chi connectivity index (χ0) is 10.8. The first-order valence-corrected chi connectivity index (χ1v) is 6.22. The Morgan fingerprint density at radius 2 is 1.79 bits per heavy atom. The molecule has 0 unspecified atom stereocenters. The van der Waals surface area contributed by atoms with Crippen LogP contribution in [0.15, 0.2) is 23.3 Å². The van der Waals surface area contributed by atoms with Crippen molar-refractivity contribution in [2.45, 2.75) is 66.2 Å². The Balaban J connectivity index is 0.000000791. The van der Waals surface area contributed by atoms with Gasteiger partial charge in [-0.1, -0.05) is 44.9 Å². The molecule has 1 rings (SSSR count). The van der Waals surface area contributed by atoms with Gasteiger partial charge in [0, 0.05) is 0 Å². The number of hydrogen-bond donors (Lipinski definition) is 0. The van der Waals surface area contributed by atoms with E-state index in [1.807, 2.05) is 13.8 Å². The molecule has 0 amide bonds. The Bertz CT molecular complexity index is 184. The molecule has 0 saturated carbocycles. The molecular formula is C14H26. The smallest absolute Gasteiger partial charge is 0.0279 e. The second kappa shape index (κ2) is 9.05. The van der Waals surface area contributed by atoms with E-state index in [0.29, 0.717) is 0 Å². The van der Waals surface area contributed by atoms with Crippen LogP contribution in [0.3, 0.4) is 0 Å². The predicted octanol–water partition coefficient (Wildman–Crippen LogP) is 5.26. The van der Waals surface area contributed by atoms with Crippen molar-refractivity contribution in [3.8, 4) is 0 Å². The second-order valence-electron chi connectivity index (χ2n) is 3.59. The lowest BCUT2D eigenvalue weighted by atomic mass is 9.89. The third kappa shape index (κ3) is 4.64. The van der Waals surface area contributed by atoms with Crippen molar-refractivity contribution >= 4 is 0 Å². The van der Waals surface area contributed by atoms with E-state index in [2.05, 4.69) is 26.0 Å². The molecule has 0 aliphatic heterocycles. The first kappa shape index (κ1) is 13.5. The lowest BCUT2D eigenvalue weighted by Gasteiger charge is -2.17. The zero-order valence-corrected chi connectivity index (χ0v) is 10.4. The molecule has 0 atom stereocenters. The Morgan fingerprint density at radius 3 is 2.36 bits per heavy atom.